The van der Waals surface area contributed by atoms with Gasteiger partial charge < -0.3 is 0 Å². The van der Waals surface area contributed by atoms with Crippen LogP contribution in [0.25, 0.3) is 0 Å². The van der Waals surface area contributed by atoms with Gasteiger partial charge in [0.25, 0.3) is 6.43 Å². The van der Waals surface area contributed by atoms with Gasteiger partial charge in [0.15, 0.2) is 0 Å². The molecule has 1 nitrogen and oxygen atoms in total. The normalized spacial score (nSPS) is 32.8. The number of alkyl halides is 3. The van der Waals surface area contributed by atoms with E-state index < -0.39 is 6.43 Å². The quantitative estimate of drug-likeness (QED) is 0.615. The zero-order chi connectivity index (χ0) is 9.14. The summed E-state index contributed by atoms with van der Waals surface area (Å²) in [4.78, 5) is 1.77. The first-order valence-corrected chi connectivity index (χ1v) is 4.69. The van der Waals surface area contributed by atoms with Crippen LogP contribution in [0.3, 0.4) is 0 Å². The summed E-state index contributed by atoms with van der Waals surface area (Å²) in [6, 6.07) is 0.258. The summed E-state index contributed by atoms with van der Waals surface area (Å²) in [5.74, 6) is 0. The molecule has 4 heteroatoms. The van der Waals surface area contributed by atoms with E-state index in [1.165, 1.54) is 0 Å². The number of likely N-dealkylation sites (tertiary alicyclic amines) is 1. The van der Waals surface area contributed by atoms with E-state index in [4.69, 9.17) is 11.6 Å². The van der Waals surface area contributed by atoms with E-state index >= 15 is 0 Å². The third-order valence-corrected chi connectivity index (χ3v) is 2.68. The van der Waals surface area contributed by atoms with Gasteiger partial charge in [0.1, 0.15) is 0 Å². The molecule has 0 amide bonds. The summed E-state index contributed by atoms with van der Waals surface area (Å²) in [7, 11) is 0. The molecule has 0 bridgehead atoms. The zero-order valence-electron chi connectivity index (χ0n) is 7.14. The molecule has 1 heterocycles. The molecule has 1 saturated heterocycles. The largest absolute Gasteiger partial charge is 0.294 e. The lowest BCUT2D eigenvalue weighted by Crippen LogP contribution is -2.44. The number of halogens is 3. The third kappa shape index (κ3) is 2.87. The fraction of sp³-hybridized carbons (Fsp3) is 1.00. The molecule has 0 aliphatic carbocycles. The predicted octanol–water partition coefficient (Wildman–Crippen LogP) is 2.34. The lowest BCUT2D eigenvalue weighted by molar-refractivity contribution is 0.0557. The van der Waals surface area contributed by atoms with Crippen molar-refractivity contribution in [1.82, 2.24) is 4.90 Å². The second-order valence-corrected chi connectivity index (χ2v) is 3.99. The molecule has 2 unspecified atom stereocenters. The molecule has 0 aromatic carbocycles. The zero-order valence-corrected chi connectivity index (χ0v) is 7.90. The minimum Gasteiger partial charge on any atom is -0.294 e. The van der Waals surface area contributed by atoms with Crippen LogP contribution in [0.5, 0.6) is 0 Å². The fourth-order valence-electron chi connectivity index (χ4n) is 1.56. The summed E-state index contributed by atoms with van der Waals surface area (Å²) in [5.41, 5.74) is 0. The number of nitrogens with zero attached hydrogens (tertiary/aromatic N) is 1. The molecular formula is C8H14ClF2N. The van der Waals surface area contributed by atoms with Gasteiger partial charge in [0, 0.05) is 18.0 Å². The van der Waals surface area contributed by atoms with Crippen LogP contribution in [-0.2, 0) is 0 Å². The minimum absolute atomic E-state index is 0.0555. The maximum atomic E-state index is 12.0. The summed E-state index contributed by atoms with van der Waals surface area (Å²) < 4.78 is 24.1. The number of rotatable bonds is 2. The number of hydrogen-bond acceptors (Lipinski definition) is 1. The van der Waals surface area contributed by atoms with Gasteiger partial charge in [-0.25, -0.2) is 8.78 Å². The molecule has 1 aliphatic heterocycles. The highest BCUT2D eigenvalue weighted by Crippen LogP contribution is 2.21. The standard InChI is InChI=1S/C8H14ClF2N/c1-6-2-3-7(9)4-12(6)5-8(10)11/h6-8H,2-5H2,1H3. The highest BCUT2D eigenvalue weighted by molar-refractivity contribution is 6.20. The Morgan fingerprint density at radius 1 is 1.50 bits per heavy atom. The molecule has 1 rings (SSSR count). The van der Waals surface area contributed by atoms with E-state index in [1.54, 1.807) is 4.90 Å². The first kappa shape index (κ1) is 10.2. The van der Waals surface area contributed by atoms with E-state index in [1.807, 2.05) is 6.92 Å². The van der Waals surface area contributed by atoms with Crippen molar-refractivity contribution in [3.63, 3.8) is 0 Å². The molecule has 0 aromatic heterocycles. The number of hydrogen-bond donors (Lipinski definition) is 0. The Bertz CT molecular complexity index is 141. The maximum absolute atomic E-state index is 12.0. The lowest BCUT2D eigenvalue weighted by atomic mass is 10.0. The van der Waals surface area contributed by atoms with Crippen molar-refractivity contribution >= 4 is 11.6 Å². The Morgan fingerprint density at radius 2 is 2.17 bits per heavy atom. The van der Waals surface area contributed by atoms with Crippen molar-refractivity contribution in [1.29, 1.82) is 0 Å². The van der Waals surface area contributed by atoms with Crippen LogP contribution >= 0.6 is 11.6 Å². The van der Waals surface area contributed by atoms with Crippen LogP contribution in [-0.4, -0.2) is 35.8 Å². The molecule has 1 fully saturated rings. The Hall–Kier alpha value is 0.110. The van der Waals surface area contributed by atoms with Crippen molar-refractivity contribution in [3.8, 4) is 0 Å². The first-order valence-electron chi connectivity index (χ1n) is 4.26. The molecule has 0 N–H and O–H groups in total. The lowest BCUT2D eigenvalue weighted by Gasteiger charge is -2.35. The minimum atomic E-state index is -2.24. The van der Waals surface area contributed by atoms with E-state index in [-0.39, 0.29) is 18.0 Å². The van der Waals surface area contributed by atoms with Gasteiger partial charge in [0.2, 0.25) is 0 Å². The van der Waals surface area contributed by atoms with Crippen LogP contribution in [0.2, 0.25) is 0 Å². The van der Waals surface area contributed by atoms with Crippen molar-refractivity contribution < 1.29 is 8.78 Å². The van der Waals surface area contributed by atoms with Crippen LogP contribution in [0.1, 0.15) is 19.8 Å². The molecule has 12 heavy (non-hydrogen) atoms. The predicted molar refractivity (Wildman–Crippen MR) is 45.9 cm³/mol. The maximum Gasteiger partial charge on any atom is 0.251 e. The summed E-state index contributed by atoms with van der Waals surface area (Å²) in [6.45, 7) is 2.45. The van der Waals surface area contributed by atoms with E-state index in [0.717, 1.165) is 12.8 Å². The Labute approximate surface area is 76.7 Å². The molecule has 1 aliphatic rings. The molecule has 2 atom stereocenters. The van der Waals surface area contributed by atoms with Crippen LogP contribution < -0.4 is 0 Å². The van der Waals surface area contributed by atoms with Gasteiger partial charge in [-0.15, -0.1) is 11.6 Å². The Balaban J connectivity index is 2.38. The second-order valence-electron chi connectivity index (χ2n) is 3.37. The van der Waals surface area contributed by atoms with E-state index in [2.05, 4.69) is 0 Å². The first-order chi connectivity index (χ1) is 5.59. The van der Waals surface area contributed by atoms with Crippen molar-refractivity contribution in [2.45, 2.75) is 37.6 Å². The molecule has 72 valence electrons. The van der Waals surface area contributed by atoms with Crippen LogP contribution in [0, 0.1) is 0 Å². The Kier molecular flexibility index (Phi) is 3.72. The molecule has 0 saturated carbocycles. The average Bonchev–Trinajstić information content (AvgIpc) is 1.96. The second kappa shape index (κ2) is 4.38. The van der Waals surface area contributed by atoms with Crippen LogP contribution in [0.4, 0.5) is 8.78 Å². The molecule has 0 spiro atoms. The molecule has 0 radical (unpaired) electrons. The summed E-state index contributed by atoms with van der Waals surface area (Å²) >= 11 is 5.87. The van der Waals surface area contributed by atoms with Gasteiger partial charge in [0.05, 0.1) is 6.54 Å². The van der Waals surface area contributed by atoms with Gasteiger partial charge in [-0.2, -0.15) is 0 Å². The molecular weight excluding hydrogens is 184 g/mol. The smallest absolute Gasteiger partial charge is 0.251 e. The highest BCUT2D eigenvalue weighted by atomic mass is 35.5. The van der Waals surface area contributed by atoms with E-state index in [0.29, 0.717) is 6.54 Å². The van der Waals surface area contributed by atoms with Crippen molar-refractivity contribution in [2.75, 3.05) is 13.1 Å². The Morgan fingerprint density at radius 3 is 2.75 bits per heavy atom. The highest BCUT2D eigenvalue weighted by Gasteiger charge is 2.25. The third-order valence-electron chi connectivity index (χ3n) is 2.33. The van der Waals surface area contributed by atoms with E-state index in [9.17, 15) is 8.78 Å². The van der Waals surface area contributed by atoms with Gasteiger partial charge in [-0.3, -0.25) is 4.90 Å². The van der Waals surface area contributed by atoms with Crippen LogP contribution in [0.15, 0.2) is 0 Å². The van der Waals surface area contributed by atoms with Gasteiger partial charge >= 0.3 is 0 Å². The van der Waals surface area contributed by atoms with Crippen molar-refractivity contribution in [2.24, 2.45) is 0 Å². The number of piperidine rings is 1. The summed E-state index contributed by atoms with van der Waals surface area (Å²) in [5, 5.41) is 0.0555. The van der Waals surface area contributed by atoms with Gasteiger partial charge in [-0.1, -0.05) is 0 Å². The van der Waals surface area contributed by atoms with Crippen molar-refractivity contribution in [3.05, 3.63) is 0 Å². The van der Waals surface area contributed by atoms with Gasteiger partial charge in [-0.05, 0) is 19.8 Å². The average molecular weight is 198 g/mol. The SMILES string of the molecule is CC1CCC(Cl)CN1CC(F)F. The monoisotopic (exact) mass is 197 g/mol. The topological polar surface area (TPSA) is 3.24 Å². The summed E-state index contributed by atoms with van der Waals surface area (Å²) in [6.07, 6.45) is -0.363. The fourth-order valence-corrected chi connectivity index (χ4v) is 1.87. The molecule has 0 aromatic rings.